The van der Waals surface area contributed by atoms with E-state index in [1.165, 1.54) is 0 Å². The number of phosphoric ester groups is 1. The lowest BCUT2D eigenvalue weighted by Gasteiger charge is -2.12. The Morgan fingerprint density at radius 3 is 0.959 bits per heavy atom. The van der Waals surface area contributed by atoms with Gasteiger partial charge >= 0.3 is 7.82 Å². The number of fused-ring (bicyclic) bond motifs is 12. The molecule has 8 aromatic carbocycles. The van der Waals surface area contributed by atoms with Crippen LogP contribution in [-0.4, -0.2) is 185 Å². The monoisotopic (exact) mass is 2170 g/mol. The number of sulfone groups is 4. The summed E-state index contributed by atoms with van der Waals surface area (Å²) in [6.07, 6.45) is 28.6. The molecular formula is C104H95Cl4N18O17PS4. The van der Waals surface area contributed by atoms with Crippen LogP contribution in [0.25, 0.3) is 132 Å². The Hall–Kier alpha value is -13.5. The van der Waals surface area contributed by atoms with Gasteiger partial charge in [0.1, 0.15) is 64.8 Å². The van der Waals surface area contributed by atoms with Gasteiger partial charge in [0.2, 0.25) is 0 Å². The third-order valence-corrected chi connectivity index (χ3v) is 36.3. The largest absolute Gasteiger partial charge is 0.491 e. The number of aromatic amines is 4. The molecular weight excluding hydrogens is 2070 g/mol. The van der Waals surface area contributed by atoms with E-state index in [2.05, 4.69) is 74.9 Å². The van der Waals surface area contributed by atoms with Crippen LogP contribution < -0.4 is 18.9 Å². The van der Waals surface area contributed by atoms with Gasteiger partial charge in [-0.05, 0) is 236 Å². The van der Waals surface area contributed by atoms with Gasteiger partial charge in [-0.25, -0.2) is 68.1 Å². The van der Waals surface area contributed by atoms with Gasteiger partial charge in [-0.1, -0.05) is 100 Å². The van der Waals surface area contributed by atoms with E-state index in [0.29, 0.717) is 162 Å². The molecule has 44 heteroatoms. The summed E-state index contributed by atoms with van der Waals surface area (Å²) in [4.78, 5) is 58.6. The van der Waals surface area contributed by atoms with E-state index in [4.69, 9.17) is 75.1 Å². The number of nitrogens with one attached hydrogen (secondary N) is 4. The maximum atomic E-state index is 12.9. The number of aliphatic hydroxyl groups is 1. The van der Waals surface area contributed by atoms with Crippen LogP contribution in [0.15, 0.2) is 264 Å². The van der Waals surface area contributed by atoms with E-state index < -0.39 is 47.2 Å². The molecule has 7 N–H and O–H groups in total. The second kappa shape index (κ2) is 42.3. The number of benzene rings is 8. The molecule has 24 rings (SSSR count). The van der Waals surface area contributed by atoms with Crippen LogP contribution in [0.1, 0.15) is 88.4 Å². The molecule has 0 spiro atoms. The molecule has 4 saturated carbocycles. The Morgan fingerprint density at radius 1 is 0.365 bits per heavy atom. The van der Waals surface area contributed by atoms with Crippen LogP contribution in [0.4, 0.5) is 0 Å². The number of ether oxygens (including phenoxy) is 4. The summed E-state index contributed by atoms with van der Waals surface area (Å²) >= 11 is 25.2. The predicted molar refractivity (Wildman–Crippen MR) is 565 cm³/mol. The van der Waals surface area contributed by atoms with E-state index in [1.807, 2.05) is 119 Å². The number of hydrogen-bond donors (Lipinski definition) is 7. The van der Waals surface area contributed by atoms with Crippen molar-refractivity contribution in [2.75, 3.05) is 26.4 Å². The molecule has 0 amide bonds. The topological polar surface area (TPSA) is 472 Å². The van der Waals surface area contributed by atoms with Crippen molar-refractivity contribution in [2.45, 2.75) is 157 Å². The maximum Gasteiger partial charge on any atom is 0.469 e. The first kappa shape index (κ1) is 100. The average molecular weight is 2170 g/mol. The van der Waals surface area contributed by atoms with Gasteiger partial charge < -0.3 is 67.5 Å². The molecule has 4 aliphatic carbocycles. The fraction of sp³-hybridized carbons (Fsp3) is 0.250. The zero-order chi connectivity index (χ0) is 102. The Bertz CT molecular complexity index is 8730. The molecule has 760 valence electrons. The van der Waals surface area contributed by atoms with Gasteiger partial charge in [0.05, 0.1) is 146 Å². The third-order valence-electron chi connectivity index (χ3n) is 26.0. The van der Waals surface area contributed by atoms with Crippen molar-refractivity contribution in [1.29, 1.82) is 0 Å². The molecule has 12 heterocycles. The molecule has 35 nitrogen and oxygen atoms in total. The number of pyridine rings is 4. The predicted octanol–water partition coefficient (Wildman–Crippen LogP) is 20.4. The average Bonchev–Trinajstić information content (AvgIpc) is 1.60. The molecule has 20 aromatic rings. The zero-order valence-electron chi connectivity index (χ0n) is 78.9. The first-order chi connectivity index (χ1) is 71.5. The molecule has 12 aromatic heterocycles. The van der Waals surface area contributed by atoms with Crippen LogP contribution in [0.5, 0.6) is 23.0 Å². The summed E-state index contributed by atoms with van der Waals surface area (Å²) in [6, 6.07) is 51.3. The van der Waals surface area contributed by atoms with Crippen molar-refractivity contribution in [2.24, 2.45) is 0 Å². The number of imidazole rings is 2. The SMILES string of the molecule is O=P(O)(O)OCc1cn(CCCOc2ccc(-c3cccc(S(=O)(=O)C4CC4)c3)c3c2[nH]c2ncc(Cl)cc23)cn1.O=S(=O)(c1cccc(-c2ccc(OCCCn3ccnn3)c3[nH]c4ncc(Cl)cc4c23)c1)C1CC1.O=S(=O)(c1cccc(-c2ccc(OCCCn3cnc(CO)c3)c3[nH]c4ncc(Cl)cc4c23)c1)C1CC1.O=S(=O)(c1cccc(-c2ccc(OCCCn3cnnc3)c3[nH]c4ncc(Cl)cc4c23)c1)C1CC1. The van der Waals surface area contributed by atoms with Crippen molar-refractivity contribution in [3.05, 3.63) is 276 Å². The summed E-state index contributed by atoms with van der Waals surface area (Å²) in [7, 11) is -17.8. The number of halogens is 4. The molecule has 0 unspecified atom stereocenters. The van der Waals surface area contributed by atoms with Crippen molar-refractivity contribution in [3.63, 3.8) is 0 Å². The molecule has 148 heavy (non-hydrogen) atoms. The molecule has 4 fully saturated rings. The van der Waals surface area contributed by atoms with Crippen LogP contribution in [0, 0.1) is 0 Å². The smallest absolute Gasteiger partial charge is 0.469 e. The van der Waals surface area contributed by atoms with Gasteiger partial charge in [-0.15, -0.1) is 15.3 Å². The summed E-state index contributed by atoms with van der Waals surface area (Å²) in [5.41, 5.74) is 13.5. The van der Waals surface area contributed by atoms with E-state index >= 15 is 0 Å². The van der Waals surface area contributed by atoms with Crippen molar-refractivity contribution >= 4 is 181 Å². The number of rotatable bonds is 36. The number of aromatic nitrogens is 18. The number of hydrogen-bond acceptors (Lipinski definition) is 25. The van der Waals surface area contributed by atoms with Gasteiger partial charge in [-0.2, -0.15) is 0 Å². The molecule has 0 atom stereocenters. The van der Waals surface area contributed by atoms with E-state index in [0.717, 1.165) is 174 Å². The van der Waals surface area contributed by atoms with Gasteiger partial charge in [0.25, 0.3) is 0 Å². The van der Waals surface area contributed by atoms with Crippen LogP contribution >= 0.6 is 54.2 Å². The molecule has 0 radical (unpaired) electrons. The summed E-state index contributed by atoms with van der Waals surface area (Å²) < 4.78 is 151. The first-order valence-corrected chi connectivity index (χ1v) is 57.0. The lowest BCUT2D eigenvalue weighted by molar-refractivity contribution is 0.187. The first-order valence-electron chi connectivity index (χ1n) is 47.8. The van der Waals surface area contributed by atoms with Crippen molar-refractivity contribution < 1.29 is 76.6 Å². The van der Waals surface area contributed by atoms with Crippen LogP contribution in [0.2, 0.25) is 20.1 Å². The maximum absolute atomic E-state index is 12.9. The zero-order valence-corrected chi connectivity index (χ0v) is 86.1. The minimum absolute atomic E-state index is 0.0817. The number of nitrogens with zero attached hydrogens (tertiary/aromatic N) is 14. The van der Waals surface area contributed by atoms with Crippen molar-refractivity contribution in [1.82, 2.24) is 88.7 Å². The lowest BCUT2D eigenvalue weighted by Crippen LogP contribution is -2.07. The fourth-order valence-electron chi connectivity index (χ4n) is 18.2. The molecule has 4 aliphatic rings. The number of phosphoric acid groups is 1. The molecule has 0 aliphatic heterocycles. The summed E-state index contributed by atoms with van der Waals surface area (Å²) in [5.74, 6) is 2.68. The van der Waals surface area contributed by atoms with E-state index in [-0.39, 0.29) is 34.2 Å². The highest BCUT2D eigenvalue weighted by molar-refractivity contribution is 7.93. The number of aryl methyl sites for hydroxylation is 4. The second-order valence-electron chi connectivity index (χ2n) is 36.5. The van der Waals surface area contributed by atoms with E-state index in [1.54, 1.807) is 145 Å². The minimum atomic E-state index is -4.56. The standard InChI is InChI=1S/C27H26ClN4O7PS.C27H25ClN4O4S.2C25H22ClN5O3S/c28-18-12-23-25-22(17-3-1-4-21(11-17)41(36,37)20-5-6-20)7-8-24(26(25)31-27(23)29-13-18)38-10-2-9-32-14-19(30-16-32)15-39-40(33,34)35;28-18-12-23-25-22(17-3-1-4-21(11-17)37(34,35)20-5-6-20)7-8-24(26(25)31-27(23)29-13-18)36-10-2-9-32-14-19(15-33)30-16-32;26-17-14-21-23-20(16-3-1-4-19(13-16)35(32,33)18-5-6-18)7-8-22(24(23)29-25(21)27-15-17)34-12-2-10-31-11-9-28-30-31;26-17-12-21-23-20(16-3-1-4-19(11-16)35(32,33)18-5-6-18)7-8-22(24(23)30-25(21)27-13-17)34-10-2-9-31-14-28-29-15-31/h1,3-4,7-8,11-14,16,20H,2,5-6,9-10,15H2,(H,29,31)(H2,33,34,35);1,3-4,7-8,11-14,16,20,33H,2,5-6,9-10,15H2,(H,29,31);1,3-4,7-9,11,13-15,18H,2,5-6,10,12H2,(H,27,29);1,3-4,7-8,11-15,18H,2,5-6,9-10H2,(H,27,30). The molecule has 0 bridgehead atoms. The third kappa shape index (κ3) is 22.0. The second-order valence-corrected chi connectivity index (χ2v) is 48.4. The van der Waals surface area contributed by atoms with Crippen molar-refractivity contribution in [3.8, 4) is 67.5 Å². The van der Waals surface area contributed by atoms with Gasteiger partial charge in [0, 0.05) is 119 Å². The fourth-order valence-corrected chi connectivity index (χ4v) is 25.9. The summed E-state index contributed by atoms with van der Waals surface area (Å²) in [6.45, 7) is 4.20. The minimum Gasteiger partial charge on any atom is -0.491 e. The number of aliphatic hydroxyl groups excluding tert-OH is 1. The normalized spacial score (nSPS) is 14.1. The van der Waals surface area contributed by atoms with Crippen LogP contribution in [-0.2, 0) is 87.8 Å². The Labute approximate surface area is 867 Å². The van der Waals surface area contributed by atoms with Gasteiger partial charge in [0.15, 0.2) is 39.3 Å². The Morgan fingerprint density at radius 2 is 0.669 bits per heavy atom. The van der Waals surface area contributed by atoms with E-state index in [9.17, 15) is 43.3 Å². The quantitative estimate of drug-likeness (QED) is 0.0142. The summed E-state index contributed by atoms with van der Waals surface area (Å²) in [5, 5.41) is 32.4. The highest BCUT2D eigenvalue weighted by atomic mass is 35.5. The lowest BCUT2D eigenvalue weighted by atomic mass is 9.99. The molecule has 0 saturated heterocycles. The Balaban J connectivity index is 0.000000116. The highest BCUT2D eigenvalue weighted by Crippen LogP contribution is 2.49. The van der Waals surface area contributed by atoms with Crippen LogP contribution in [0.3, 0.4) is 0 Å². The Kier molecular flexibility index (Phi) is 28.7. The highest BCUT2D eigenvalue weighted by Gasteiger charge is 2.41. The van der Waals surface area contributed by atoms with Gasteiger partial charge in [-0.3, -0.25) is 9.21 Å². The number of H-pyrrole nitrogens is 4.